The van der Waals surface area contributed by atoms with Gasteiger partial charge < -0.3 is 14.6 Å². The van der Waals surface area contributed by atoms with Crippen molar-refractivity contribution < 1.29 is 23.0 Å². The second-order valence-corrected chi connectivity index (χ2v) is 6.32. The predicted octanol–water partition coefficient (Wildman–Crippen LogP) is 0.851. The Kier molecular flexibility index (Phi) is 4.85. The van der Waals surface area contributed by atoms with Gasteiger partial charge in [0.05, 0.1) is 24.7 Å². The van der Waals surface area contributed by atoms with E-state index < -0.39 is 10.0 Å². The number of nitrogens with zero attached hydrogens (tertiary/aromatic N) is 1. The number of ether oxygens (including phenoxy) is 2. The fourth-order valence-electron chi connectivity index (χ4n) is 2.01. The molecule has 1 aliphatic rings. The molecule has 0 aromatic heterocycles. The topological polar surface area (TPSA) is 76.1 Å². The van der Waals surface area contributed by atoms with Crippen LogP contribution in [-0.4, -0.2) is 50.7 Å². The van der Waals surface area contributed by atoms with Crippen molar-refractivity contribution in [2.45, 2.75) is 18.2 Å². The Balaban J connectivity index is 2.35. The molecule has 0 amide bonds. The molecule has 0 saturated carbocycles. The van der Waals surface area contributed by atoms with E-state index in [2.05, 4.69) is 0 Å². The maximum absolute atomic E-state index is 12.4. The van der Waals surface area contributed by atoms with Crippen LogP contribution in [0.4, 0.5) is 0 Å². The van der Waals surface area contributed by atoms with Crippen LogP contribution in [0.2, 0.25) is 0 Å². The van der Waals surface area contributed by atoms with Crippen LogP contribution >= 0.6 is 0 Å². The van der Waals surface area contributed by atoms with Gasteiger partial charge in [0.15, 0.2) is 11.5 Å². The lowest BCUT2D eigenvalue weighted by molar-refractivity contribution is 0.257. The number of hydrogen-bond acceptors (Lipinski definition) is 5. The standard InChI is InChI=1S/C13H19NO5S/c1-2-14(6-7-15)20(16,17)11-4-5-12-13(10-11)19-9-3-8-18-12/h4-5,10,15H,2-3,6-9H2,1H3. The first-order valence-electron chi connectivity index (χ1n) is 6.60. The SMILES string of the molecule is CCN(CCO)S(=O)(=O)c1ccc2c(c1)OCCCO2. The number of aliphatic hydroxyl groups excluding tert-OH is 1. The second kappa shape index (κ2) is 6.43. The molecule has 0 aliphatic carbocycles. The van der Waals surface area contributed by atoms with E-state index in [4.69, 9.17) is 14.6 Å². The van der Waals surface area contributed by atoms with Crippen LogP contribution in [0.1, 0.15) is 13.3 Å². The summed E-state index contributed by atoms with van der Waals surface area (Å²) in [6, 6.07) is 4.60. The van der Waals surface area contributed by atoms with Crippen molar-refractivity contribution in [3.8, 4) is 11.5 Å². The summed E-state index contributed by atoms with van der Waals surface area (Å²) in [5.41, 5.74) is 0. The number of benzene rings is 1. The van der Waals surface area contributed by atoms with Gasteiger partial charge in [-0.3, -0.25) is 0 Å². The van der Waals surface area contributed by atoms with E-state index in [0.717, 1.165) is 6.42 Å². The number of likely N-dealkylation sites (N-methyl/N-ethyl adjacent to an activating group) is 1. The molecule has 0 saturated heterocycles. The number of hydrogen-bond donors (Lipinski definition) is 1. The Morgan fingerprint density at radius 1 is 1.25 bits per heavy atom. The van der Waals surface area contributed by atoms with Crippen LogP contribution in [0, 0.1) is 0 Å². The van der Waals surface area contributed by atoms with Gasteiger partial charge in [-0.05, 0) is 12.1 Å². The lowest BCUT2D eigenvalue weighted by Gasteiger charge is -2.20. The largest absolute Gasteiger partial charge is 0.490 e. The Morgan fingerprint density at radius 3 is 2.60 bits per heavy atom. The molecular weight excluding hydrogens is 282 g/mol. The summed E-state index contributed by atoms with van der Waals surface area (Å²) in [5, 5.41) is 8.96. The van der Waals surface area contributed by atoms with Gasteiger partial charge in [0.2, 0.25) is 10.0 Å². The van der Waals surface area contributed by atoms with Crippen LogP contribution in [0.25, 0.3) is 0 Å². The number of rotatable bonds is 5. The maximum Gasteiger partial charge on any atom is 0.243 e. The fourth-order valence-corrected chi connectivity index (χ4v) is 3.47. The second-order valence-electron chi connectivity index (χ2n) is 4.38. The molecule has 1 aromatic carbocycles. The Labute approximate surface area is 119 Å². The molecule has 0 atom stereocenters. The third kappa shape index (κ3) is 3.05. The molecular formula is C13H19NO5S. The summed E-state index contributed by atoms with van der Waals surface area (Å²) in [6.45, 7) is 2.97. The lowest BCUT2D eigenvalue weighted by atomic mass is 10.3. The molecule has 1 heterocycles. The van der Waals surface area contributed by atoms with Gasteiger partial charge in [-0.25, -0.2) is 8.42 Å². The Bertz CT molecular complexity index is 558. The van der Waals surface area contributed by atoms with Crippen LogP contribution in [0.15, 0.2) is 23.1 Å². The minimum Gasteiger partial charge on any atom is -0.490 e. The van der Waals surface area contributed by atoms with Crippen molar-refractivity contribution in [1.29, 1.82) is 0 Å². The highest BCUT2D eigenvalue weighted by Gasteiger charge is 2.24. The van der Waals surface area contributed by atoms with E-state index in [9.17, 15) is 8.42 Å². The molecule has 112 valence electrons. The number of sulfonamides is 1. The number of fused-ring (bicyclic) bond motifs is 1. The van der Waals surface area contributed by atoms with Crippen LogP contribution in [0.3, 0.4) is 0 Å². The minimum absolute atomic E-state index is 0.0767. The van der Waals surface area contributed by atoms with E-state index in [-0.39, 0.29) is 18.0 Å². The molecule has 1 N–H and O–H groups in total. The molecule has 0 unspecified atom stereocenters. The molecule has 1 aromatic rings. The van der Waals surface area contributed by atoms with E-state index in [1.165, 1.54) is 16.4 Å². The van der Waals surface area contributed by atoms with Crippen molar-refractivity contribution in [2.75, 3.05) is 32.9 Å². The Morgan fingerprint density at radius 2 is 1.95 bits per heavy atom. The first kappa shape index (κ1) is 15.1. The molecule has 0 fully saturated rings. The monoisotopic (exact) mass is 301 g/mol. The van der Waals surface area contributed by atoms with Crippen molar-refractivity contribution >= 4 is 10.0 Å². The molecule has 0 spiro atoms. The van der Waals surface area contributed by atoms with Gasteiger partial charge >= 0.3 is 0 Å². The fraction of sp³-hybridized carbons (Fsp3) is 0.538. The molecule has 6 nitrogen and oxygen atoms in total. The predicted molar refractivity (Wildman–Crippen MR) is 73.6 cm³/mol. The highest BCUT2D eigenvalue weighted by molar-refractivity contribution is 7.89. The number of aliphatic hydroxyl groups is 1. The van der Waals surface area contributed by atoms with Crippen molar-refractivity contribution in [2.24, 2.45) is 0 Å². The summed E-state index contributed by atoms with van der Waals surface area (Å²) in [4.78, 5) is 0.150. The van der Waals surface area contributed by atoms with Crippen molar-refractivity contribution in [3.63, 3.8) is 0 Å². The van der Waals surface area contributed by atoms with E-state index >= 15 is 0 Å². The van der Waals surface area contributed by atoms with E-state index in [0.29, 0.717) is 31.3 Å². The average Bonchev–Trinajstić information content (AvgIpc) is 2.68. The van der Waals surface area contributed by atoms with Crippen LogP contribution < -0.4 is 9.47 Å². The van der Waals surface area contributed by atoms with Gasteiger partial charge in [-0.15, -0.1) is 0 Å². The Hall–Kier alpha value is -1.31. The first-order chi connectivity index (χ1) is 9.59. The third-order valence-electron chi connectivity index (χ3n) is 3.06. The summed E-state index contributed by atoms with van der Waals surface area (Å²) in [5.74, 6) is 1.01. The van der Waals surface area contributed by atoms with Gasteiger partial charge in [0, 0.05) is 25.6 Å². The normalized spacial score (nSPS) is 15.2. The molecule has 1 aliphatic heterocycles. The van der Waals surface area contributed by atoms with Crippen molar-refractivity contribution in [3.05, 3.63) is 18.2 Å². The van der Waals surface area contributed by atoms with Gasteiger partial charge in [0.25, 0.3) is 0 Å². The van der Waals surface area contributed by atoms with E-state index in [1.807, 2.05) is 0 Å². The van der Waals surface area contributed by atoms with Crippen LogP contribution in [0.5, 0.6) is 11.5 Å². The summed E-state index contributed by atoms with van der Waals surface area (Å²) < 4.78 is 37.1. The third-order valence-corrected chi connectivity index (χ3v) is 5.03. The zero-order chi connectivity index (χ0) is 14.6. The molecule has 7 heteroatoms. The quantitative estimate of drug-likeness (QED) is 0.872. The average molecular weight is 301 g/mol. The van der Waals surface area contributed by atoms with Gasteiger partial charge in [-0.1, -0.05) is 6.92 Å². The first-order valence-corrected chi connectivity index (χ1v) is 8.04. The van der Waals surface area contributed by atoms with Gasteiger partial charge in [0.1, 0.15) is 0 Å². The lowest BCUT2D eigenvalue weighted by Crippen LogP contribution is -2.33. The minimum atomic E-state index is -3.62. The zero-order valence-electron chi connectivity index (χ0n) is 11.4. The van der Waals surface area contributed by atoms with E-state index in [1.54, 1.807) is 13.0 Å². The summed E-state index contributed by atoms with van der Waals surface area (Å²) in [7, 11) is -3.62. The maximum atomic E-state index is 12.4. The van der Waals surface area contributed by atoms with Crippen LogP contribution in [-0.2, 0) is 10.0 Å². The highest BCUT2D eigenvalue weighted by Crippen LogP contribution is 2.32. The molecule has 0 bridgehead atoms. The molecule has 20 heavy (non-hydrogen) atoms. The summed E-state index contributed by atoms with van der Waals surface area (Å²) in [6.07, 6.45) is 0.766. The smallest absolute Gasteiger partial charge is 0.243 e. The summed E-state index contributed by atoms with van der Waals surface area (Å²) >= 11 is 0. The zero-order valence-corrected chi connectivity index (χ0v) is 12.2. The molecule has 2 rings (SSSR count). The highest BCUT2D eigenvalue weighted by atomic mass is 32.2. The van der Waals surface area contributed by atoms with Gasteiger partial charge in [-0.2, -0.15) is 4.31 Å². The molecule has 0 radical (unpaired) electrons. The van der Waals surface area contributed by atoms with Crippen molar-refractivity contribution in [1.82, 2.24) is 4.31 Å².